The summed E-state index contributed by atoms with van der Waals surface area (Å²) in [5.41, 5.74) is 2.43. The normalized spacial score (nSPS) is 10.2. The second-order valence-electron chi connectivity index (χ2n) is 7.54. The van der Waals surface area contributed by atoms with Crippen LogP contribution in [0.1, 0.15) is 36.2 Å². The summed E-state index contributed by atoms with van der Waals surface area (Å²) in [5, 5.41) is 5.54. The largest absolute Gasteiger partial charge is 0.513 e. The van der Waals surface area contributed by atoms with Crippen LogP contribution in [0.25, 0.3) is 0 Å². The molecule has 0 aliphatic rings. The Morgan fingerprint density at radius 2 is 1.40 bits per heavy atom. The van der Waals surface area contributed by atoms with Gasteiger partial charge >= 0.3 is 6.16 Å². The first-order chi connectivity index (χ1) is 17.0. The van der Waals surface area contributed by atoms with Gasteiger partial charge in [0, 0.05) is 5.56 Å². The van der Waals surface area contributed by atoms with Crippen LogP contribution in [-0.2, 0) is 16.0 Å². The van der Waals surface area contributed by atoms with Crippen molar-refractivity contribution in [1.82, 2.24) is 0 Å². The summed E-state index contributed by atoms with van der Waals surface area (Å²) in [6.07, 6.45) is 1.24. The molecule has 35 heavy (non-hydrogen) atoms. The Morgan fingerprint density at radius 3 is 2.03 bits per heavy atom. The first-order valence-corrected chi connectivity index (χ1v) is 11.3. The van der Waals surface area contributed by atoms with Crippen molar-refractivity contribution in [3.63, 3.8) is 0 Å². The van der Waals surface area contributed by atoms with E-state index < -0.39 is 12.1 Å². The molecule has 2 N–H and O–H groups in total. The third-order valence-corrected chi connectivity index (χ3v) is 4.86. The SMILES string of the molecule is CCCc1ccc(OCC(=O)Nc2ccccc2NC(=O)c2ccc(OC(=O)OCC)cc2)cc1. The molecule has 3 aromatic carbocycles. The van der Waals surface area contributed by atoms with Crippen molar-refractivity contribution < 1.29 is 28.6 Å². The fourth-order valence-corrected chi connectivity index (χ4v) is 3.19. The second kappa shape index (κ2) is 12.8. The number of anilines is 2. The van der Waals surface area contributed by atoms with E-state index in [1.165, 1.54) is 29.8 Å². The Labute approximate surface area is 204 Å². The Morgan fingerprint density at radius 1 is 0.771 bits per heavy atom. The summed E-state index contributed by atoms with van der Waals surface area (Å²) in [7, 11) is 0. The quantitative estimate of drug-likeness (QED) is 0.298. The van der Waals surface area contributed by atoms with Crippen LogP contribution in [-0.4, -0.2) is 31.2 Å². The Kier molecular flexibility index (Phi) is 9.24. The van der Waals surface area contributed by atoms with Gasteiger partial charge in [-0.2, -0.15) is 0 Å². The van der Waals surface area contributed by atoms with Crippen LogP contribution in [0.3, 0.4) is 0 Å². The van der Waals surface area contributed by atoms with Gasteiger partial charge in [0.05, 0.1) is 18.0 Å². The summed E-state index contributed by atoms with van der Waals surface area (Å²) in [6.45, 7) is 3.83. The summed E-state index contributed by atoms with van der Waals surface area (Å²) in [4.78, 5) is 36.5. The molecule has 8 heteroatoms. The van der Waals surface area contributed by atoms with Crippen LogP contribution in [0.2, 0.25) is 0 Å². The maximum absolute atomic E-state index is 12.7. The minimum absolute atomic E-state index is 0.169. The molecule has 182 valence electrons. The van der Waals surface area contributed by atoms with Gasteiger partial charge in [-0.3, -0.25) is 9.59 Å². The van der Waals surface area contributed by atoms with Crippen molar-refractivity contribution in [3.05, 3.63) is 83.9 Å². The summed E-state index contributed by atoms with van der Waals surface area (Å²) in [5.74, 6) is 0.118. The molecule has 2 amide bonds. The maximum Gasteiger partial charge on any atom is 0.513 e. The first-order valence-electron chi connectivity index (χ1n) is 11.3. The molecule has 0 radical (unpaired) electrons. The molecular weight excluding hydrogens is 448 g/mol. The predicted molar refractivity (Wildman–Crippen MR) is 133 cm³/mol. The van der Waals surface area contributed by atoms with E-state index >= 15 is 0 Å². The number of hydrogen-bond donors (Lipinski definition) is 2. The monoisotopic (exact) mass is 476 g/mol. The molecule has 8 nitrogen and oxygen atoms in total. The molecule has 0 aliphatic carbocycles. The number of rotatable bonds is 10. The zero-order valence-electron chi connectivity index (χ0n) is 19.7. The second-order valence-corrected chi connectivity index (χ2v) is 7.54. The number of carbonyl (C=O) groups excluding carboxylic acids is 3. The predicted octanol–water partition coefficient (Wildman–Crippen LogP) is 5.44. The van der Waals surface area contributed by atoms with E-state index in [2.05, 4.69) is 17.6 Å². The standard InChI is InChI=1S/C27H28N2O6/c1-3-7-19-10-14-21(15-11-19)34-18-25(30)28-23-8-5-6-9-24(23)29-26(31)20-12-16-22(17-13-20)35-27(32)33-4-2/h5-6,8-17H,3-4,7,18H2,1-2H3,(H,28,30)(H,29,31). The number of para-hydroxylation sites is 2. The highest BCUT2D eigenvalue weighted by Crippen LogP contribution is 2.23. The fraction of sp³-hybridized carbons (Fsp3) is 0.222. The molecule has 0 spiro atoms. The van der Waals surface area contributed by atoms with Crippen molar-refractivity contribution in [1.29, 1.82) is 0 Å². The maximum atomic E-state index is 12.7. The van der Waals surface area contributed by atoms with Crippen molar-refractivity contribution in [2.45, 2.75) is 26.7 Å². The van der Waals surface area contributed by atoms with E-state index in [-0.39, 0.29) is 24.9 Å². The van der Waals surface area contributed by atoms with E-state index in [0.29, 0.717) is 22.7 Å². The Bertz CT molecular complexity index is 1140. The highest BCUT2D eigenvalue weighted by molar-refractivity contribution is 6.07. The molecule has 0 atom stereocenters. The van der Waals surface area contributed by atoms with E-state index in [1.807, 2.05) is 24.3 Å². The molecule has 0 aromatic heterocycles. The van der Waals surface area contributed by atoms with Crippen LogP contribution >= 0.6 is 0 Å². The lowest BCUT2D eigenvalue weighted by Gasteiger charge is -2.13. The number of carbonyl (C=O) groups is 3. The molecule has 0 saturated carbocycles. The van der Waals surface area contributed by atoms with Crippen molar-refractivity contribution in [2.75, 3.05) is 23.8 Å². The Balaban J connectivity index is 1.56. The summed E-state index contributed by atoms with van der Waals surface area (Å²) < 4.78 is 15.3. The van der Waals surface area contributed by atoms with Crippen LogP contribution < -0.4 is 20.1 Å². The minimum Gasteiger partial charge on any atom is -0.484 e. The topological polar surface area (TPSA) is 103 Å². The van der Waals surface area contributed by atoms with Crippen molar-refractivity contribution in [2.24, 2.45) is 0 Å². The first kappa shape index (κ1) is 25.3. The van der Waals surface area contributed by atoms with Gasteiger partial charge in [0.2, 0.25) is 0 Å². The summed E-state index contributed by atoms with van der Waals surface area (Å²) >= 11 is 0. The van der Waals surface area contributed by atoms with E-state index in [4.69, 9.17) is 14.2 Å². The van der Waals surface area contributed by atoms with E-state index in [0.717, 1.165) is 12.8 Å². The highest BCUT2D eigenvalue weighted by atomic mass is 16.7. The van der Waals surface area contributed by atoms with Crippen LogP contribution in [0.15, 0.2) is 72.8 Å². The van der Waals surface area contributed by atoms with E-state index in [1.54, 1.807) is 31.2 Å². The third kappa shape index (κ3) is 7.89. The molecule has 0 aliphatic heterocycles. The van der Waals surface area contributed by atoms with Crippen LogP contribution in [0, 0.1) is 0 Å². The van der Waals surface area contributed by atoms with Gasteiger partial charge < -0.3 is 24.8 Å². The van der Waals surface area contributed by atoms with Gasteiger partial charge in [0.1, 0.15) is 11.5 Å². The number of nitrogens with one attached hydrogen (secondary N) is 2. The van der Waals surface area contributed by atoms with Crippen molar-refractivity contribution >= 4 is 29.3 Å². The lowest BCUT2D eigenvalue weighted by Crippen LogP contribution is -2.21. The molecule has 0 heterocycles. The lowest BCUT2D eigenvalue weighted by atomic mass is 10.1. The van der Waals surface area contributed by atoms with Gasteiger partial charge in [-0.05, 0) is 67.4 Å². The van der Waals surface area contributed by atoms with E-state index in [9.17, 15) is 14.4 Å². The average Bonchev–Trinajstić information content (AvgIpc) is 2.85. The van der Waals surface area contributed by atoms with Gasteiger partial charge in [-0.1, -0.05) is 37.6 Å². The molecule has 0 unspecified atom stereocenters. The minimum atomic E-state index is -0.813. The number of aryl methyl sites for hydroxylation is 1. The highest BCUT2D eigenvalue weighted by Gasteiger charge is 2.12. The van der Waals surface area contributed by atoms with Crippen LogP contribution in [0.4, 0.5) is 16.2 Å². The van der Waals surface area contributed by atoms with Gasteiger partial charge in [-0.25, -0.2) is 4.79 Å². The molecule has 3 aromatic rings. The zero-order valence-corrected chi connectivity index (χ0v) is 19.7. The number of hydrogen-bond acceptors (Lipinski definition) is 6. The molecule has 3 rings (SSSR count). The lowest BCUT2D eigenvalue weighted by molar-refractivity contribution is -0.118. The molecular formula is C27H28N2O6. The summed E-state index contributed by atoms with van der Waals surface area (Å²) in [6, 6.07) is 20.5. The smallest absolute Gasteiger partial charge is 0.484 e. The van der Waals surface area contributed by atoms with Gasteiger partial charge in [0.25, 0.3) is 11.8 Å². The number of amides is 2. The zero-order chi connectivity index (χ0) is 25.0. The van der Waals surface area contributed by atoms with Crippen molar-refractivity contribution in [3.8, 4) is 11.5 Å². The molecule has 0 fully saturated rings. The van der Waals surface area contributed by atoms with Gasteiger partial charge in [0.15, 0.2) is 6.61 Å². The van der Waals surface area contributed by atoms with Gasteiger partial charge in [-0.15, -0.1) is 0 Å². The third-order valence-electron chi connectivity index (χ3n) is 4.86. The van der Waals surface area contributed by atoms with Crippen LogP contribution in [0.5, 0.6) is 11.5 Å². The molecule has 0 saturated heterocycles. The Hall–Kier alpha value is -4.33. The average molecular weight is 477 g/mol. The molecule has 0 bridgehead atoms. The fourth-order valence-electron chi connectivity index (χ4n) is 3.19. The number of benzene rings is 3. The number of ether oxygens (including phenoxy) is 3.